The van der Waals surface area contributed by atoms with Gasteiger partial charge in [0.05, 0.1) is 5.71 Å². The van der Waals surface area contributed by atoms with Crippen LogP contribution in [-0.2, 0) is 12.0 Å². The molecule has 1 amide bonds. The lowest BCUT2D eigenvalue weighted by Crippen LogP contribution is -2.41. The fourth-order valence-corrected chi connectivity index (χ4v) is 5.27. The van der Waals surface area contributed by atoms with E-state index in [2.05, 4.69) is 50.7 Å². The number of likely N-dealkylation sites (tertiary alicyclic amines) is 1. The van der Waals surface area contributed by atoms with Crippen LogP contribution in [0.4, 0.5) is 0 Å². The number of carbonyl (C=O) groups excluding carboxylic acids is 1. The third-order valence-electron chi connectivity index (χ3n) is 6.73. The number of pyridine rings is 1. The van der Waals surface area contributed by atoms with Gasteiger partial charge in [-0.2, -0.15) is 5.10 Å². The molecular weight excluding hydrogens is 455 g/mol. The Labute approximate surface area is 203 Å². The van der Waals surface area contributed by atoms with Crippen LogP contribution < -0.4 is 5.43 Å². The molecule has 1 aromatic heterocycles. The van der Waals surface area contributed by atoms with Gasteiger partial charge in [-0.25, -0.2) is 10.4 Å². The van der Waals surface area contributed by atoms with E-state index in [1.165, 1.54) is 23.4 Å². The summed E-state index contributed by atoms with van der Waals surface area (Å²) in [5.74, 6) is -0.289. The smallest absolute Gasteiger partial charge is 0.271 e. The van der Waals surface area contributed by atoms with Crippen LogP contribution in [0.1, 0.15) is 46.3 Å². The van der Waals surface area contributed by atoms with Crippen LogP contribution in [-0.4, -0.2) is 34.6 Å². The maximum absolute atomic E-state index is 12.6. The standard InChI is InChI=1S/C26H24Cl2N4O/c27-20-7-5-18(6-8-20)17-32-13-10-26(11-14-32)16-23(21-3-1-2-4-22(21)26)30-31-25(33)19-9-12-29-24(28)15-19/h1-9,12,15H,10-11,13-14,16-17H2,(H,31,33). The second-order valence-corrected chi connectivity index (χ2v) is 9.60. The zero-order valence-corrected chi connectivity index (χ0v) is 19.6. The van der Waals surface area contributed by atoms with Gasteiger partial charge in [-0.15, -0.1) is 0 Å². The Kier molecular flexibility index (Phi) is 6.19. The molecule has 0 unspecified atom stereocenters. The molecule has 1 aliphatic carbocycles. The van der Waals surface area contributed by atoms with Gasteiger partial charge in [-0.05, 0) is 61.3 Å². The molecule has 1 saturated heterocycles. The number of carbonyl (C=O) groups is 1. The summed E-state index contributed by atoms with van der Waals surface area (Å²) in [5, 5.41) is 5.59. The number of hydrazone groups is 1. The van der Waals surface area contributed by atoms with Gasteiger partial charge < -0.3 is 0 Å². The van der Waals surface area contributed by atoms with Crippen molar-refractivity contribution in [3.8, 4) is 0 Å². The van der Waals surface area contributed by atoms with Crippen LogP contribution in [0.2, 0.25) is 10.2 Å². The lowest BCUT2D eigenvalue weighted by Gasteiger charge is -2.40. The average Bonchev–Trinajstić information content (AvgIpc) is 3.14. The van der Waals surface area contributed by atoms with Crippen LogP contribution in [0.5, 0.6) is 0 Å². The Balaban J connectivity index is 1.30. The summed E-state index contributed by atoms with van der Waals surface area (Å²) in [7, 11) is 0. The number of hydrogen-bond acceptors (Lipinski definition) is 4. The Morgan fingerprint density at radius 2 is 1.82 bits per heavy atom. The van der Waals surface area contributed by atoms with E-state index in [0.717, 1.165) is 55.2 Å². The third-order valence-corrected chi connectivity index (χ3v) is 7.19. The molecule has 0 bridgehead atoms. The Hall–Kier alpha value is -2.73. The first-order chi connectivity index (χ1) is 16.0. The molecule has 1 fully saturated rings. The topological polar surface area (TPSA) is 57.6 Å². The zero-order valence-electron chi connectivity index (χ0n) is 18.1. The largest absolute Gasteiger partial charge is 0.299 e. The number of halogens is 2. The summed E-state index contributed by atoms with van der Waals surface area (Å²) >= 11 is 11.9. The first kappa shape index (κ1) is 22.1. The Morgan fingerprint density at radius 1 is 1.06 bits per heavy atom. The van der Waals surface area contributed by atoms with Crippen LogP contribution in [0.25, 0.3) is 0 Å². The number of benzene rings is 2. The Morgan fingerprint density at radius 3 is 2.58 bits per heavy atom. The van der Waals surface area contributed by atoms with Crippen molar-refractivity contribution < 1.29 is 4.79 Å². The summed E-state index contributed by atoms with van der Waals surface area (Å²) in [6.07, 6.45) is 4.47. The molecule has 2 heterocycles. The highest BCUT2D eigenvalue weighted by Gasteiger charge is 2.44. The van der Waals surface area contributed by atoms with Crippen molar-refractivity contribution in [1.29, 1.82) is 0 Å². The van der Waals surface area contributed by atoms with Crippen molar-refractivity contribution in [3.63, 3.8) is 0 Å². The molecule has 0 radical (unpaired) electrons. The van der Waals surface area contributed by atoms with Crippen LogP contribution in [0.3, 0.4) is 0 Å². The third kappa shape index (κ3) is 4.67. The normalized spacial score (nSPS) is 18.4. The number of amides is 1. The number of hydrogen-bond donors (Lipinski definition) is 1. The summed E-state index contributed by atoms with van der Waals surface area (Å²) in [6, 6.07) is 19.7. The number of rotatable bonds is 4. The van der Waals surface area contributed by atoms with Gasteiger partial charge in [0.25, 0.3) is 5.91 Å². The maximum Gasteiger partial charge on any atom is 0.271 e. The van der Waals surface area contributed by atoms with E-state index < -0.39 is 0 Å². The van der Waals surface area contributed by atoms with E-state index >= 15 is 0 Å². The van der Waals surface area contributed by atoms with Crippen LogP contribution in [0, 0.1) is 0 Å². The van der Waals surface area contributed by atoms with Crippen molar-refractivity contribution in [2.75, 3.05) is 13.1 Å². The molecule has 2 aromatic carbocycles. The summed E-state index contributed by atoms with van der Waals surface area (Å²) in [6.45, 7) is 2.97. The van der Waals surface area contributed by atoms with Crippen LogP contribution in [0.15, 0.2) is 72.0 Å². The number of aromatic nitrogens is 1. The highest BCUT2D eigenvalue weighted by molar-refractivity contribution is 6.30. The molecule has 1 aliphatic heterocycles. The van der Waals surface area contributed by atoms with Gasteiger partial charge in [0.15, 0.2) is 0 Å². The molecular formula is C26H24Cl2N4O. The number of piperidine rings is 1. The van der Waals surface area contributed by atoms with Gasteiger partial charge in [-0.1, -0.05) is 59.6 Å². The molecule has 1 N–H and O–H groups in total. The molecule has 7 heteroatoms. The molecule has 33 heavy (non-hydrogen) atoms. The minimum atomic E-state index is -0.289. The van der Waals surface area contributed by atoms with E-state index in [4.69, 9.17) is 23.2 Å². The van der Waals surface area contributed by atoms with Crippen molar-refractivity contribution in [1.82, 2.24) is 15.3 Å². The maximum atomic E-state index is 12.6. The van der Waals surface area contributed by atoms with E-state index in [9.17, 15) is 4.79 Å². The highest BCUT2D eigenvalue weighted by Crippen LogP contribution is 2.46. The second-order valence-electron chi connectivity index (χ2n) is 8.77. The van der Waals surface area contributed by atoms with E-state index in [0.29, 0.717) is 5.56 Å². The SMILES string of the molecule is O=C(NN=C1CC2(CCN(Cc3ccc(Cl)cc3)CC2)c2ccccc21)c1ccnc(Cl)c1. The number of fused-ring (bicyclic) bond motifs is 2. The molecule has 5 nitrogen and oxygen atoms in total. The lowest BCUT2D eigenvalue weighted by molar-refractivity contribution is 0.0954. The minimum absolute atomic E-state index is 0.0661. The fourth-order valence-electron chi connectivity index (χ4n) is 4.97. The zero-order chi connectivity index (χ0) is 22.8. The predicted molar refractivity (Wildman–Crippen MR) is 132 cm³/mol. The van der Waals surface area contributed by atoms with Gasteiger partial charge >= 0.3 is 0 Å². The molecule has 3 aromatic rings. The molecule has 2 aliphatic rings. The summed E-state index contributed by atoms with van der Waals surface area (Å²) in [5.41, 5.74) is 7.92. The Bertz CT molecular complexity index is 1200. The van der Waals surface area contributed by atoms with Crippen molar-refractivity contribution >= 4 is 34.8 Å². The minimum Gasteiger partial charge on any atom is -0.299 e. The highest BCUT2D eigenvalue weighted by atomic mass is 35.5. The number of nitrogens with zero attached hydrogens (tertiary/aromatic N) is 3. The van der Waals surface area contributed by atoms with Crippen LogP contribution >= 0.6 is 23.2 Å². The monoisotopic (exact) mass is 478 g/mol. The van der Waals surface area contributed by atoms with Gasteiger partial charge in [0, 0.05) is 40.7 Å². The first-order valence-electron chi connectivity index (χ1n) is 11.1. The number of nitrogens with one attached hydrogen (secondary N) is 1. The van der Waals surface area contributed by atoms with E-state index in [-0.39, 0.29) is 16.5 Å². The van der Waals surface area contributed by atoms with Crippen molar-refractivity contribution in [3.05, 3.63) is 99.3 Å². The molecule has 168 valence electrons. The van der Waals surface area contributed by atoms with Crippen molar-refractivity contribution in [2.24, 2.45) is 5.10 Å². The molecule has 0 atom stereocenters. The van der Waals surface area contributed by atoms with E-state index in [1.54, 1.807) is 6.07 Å². The van der Waals surface area contributed by atoms with Gasteiger partial charge in [0.1, 0.15) is 5.15 Å². The summed E-state index contributed by atoms with van der Waals surface area (Å²) in [4.78, 5) is 19.0. The lowest BCUT2D eigenvalue weighted by atomic mass is 9.73. The molecule has 1 spiro atoms. The first-order valence-corrected chi connectivity index (χ1v) is 11.8. The molecule has 5 rings (SSSR count). The molecule has 0 saturated carbocycles. The predicted octanol–water partition coefficient (Wildman–Crippen LogP) is 5.46. The quantitative estimate of drug-likeness (QED) is 0.400. The average molecular weight is 479 g/mol. The second kappa shape index (κ2) is 9.26. The van der Waals surface area contributed by atoms with Crippen molar-refractivity contribution in [2.45, 2.75) is 31.2 Å². The van der Waals surface area contributed by atoms with Gasteiger partial charge in [-0.3, -0.25) is 9.69 Å². The van der Waals surface area contributed by atoms with E-state index in [1.807, 2.05) is 18.2 Å². The van der Waals surface area contributed by atoms with Gasteiger partial charge in [0.2, 0.25) is 0 Å². The fraction of sp³-hybridized carbons (Fsp3) is 0.269. The summed E-state index contributed by atoms with van der Waals surface area (Å²) < 4.78 is 0.